The van der Waals surface area contributed by atoms with Gasteiger partial charge in [-0.15, -0.1) is 11.6 Å². The zero-order chi connectivity index (χ0) is 13.9. The van der Waals surface area contributed by atoms with Crippen LogP contribution in [0.15, 0.2) is 36.4 Å². The highest BCUT2D eigenvalue weighted by Gasteiger charge is 2.11. The fourth-order valence-electron chi connectivity index (χ4n) is 2.67. The molecule has 0 unspecified atom stereocenters. The Labute approximate surface area is 129 Å². The molecule has 0 saturated carbocycles. The Kier molecular flexibility index (Phi) is 4.18. The van der Waals surface area contributed by atoms with Gasteiger partial charge in [-0.3, -0.25) is 0 Å². The summed E-state index contributed by atoms with van der Waals surface area (Å²) in [5.74, 6) is 1.21. The second kappa shape index (κ2) is 6.07. The maximum absolute atomic E-state index is 5.96. The molecule has 0 atom stereocenters. The van der Waals surface area contributed by atoms with E-state index in [0.717, 1.165) is 11.3 Å². The fourth-order valence-corrected chi connectivity index (χ4v) is 3.07. The molecule has 3 rings (SSSR count). The Morgan fingerprint density at radius 1 is 1.00 bits per heavy atom. The Balaban J connectivity index is 1.73. The molecule has 0 saturated heterocycles. The average molecular weight is 307 g/mol. The molecular weight excluding hydrogens is 291 g/mol. The summed E-state index contributed by atoms with van der Waals surface area (Å²) >= 11 is 11.9. The van der Waals surface area contributed by atoms with Gasteiger partial charge in [-0.05, 0) is 54.2 Å². The topological polar surface area (TPSA) is 9.23 Å². The van der Waals surface area contributed by atoms with Gasteiger partial charge in [-0.2, -0.15) is 0 Å². The smallest absolute Gasteiger partial charge is 0.124 e. The largest absolute Gasteiger partial charge is 0.489 e. The lowest BCUT2D eigenvalue weighted by Crippen LogP contribution is -1.99. The third kappa shape index (κ3) is 2.94. The van der Waals surface area contributed by atoms with Crippen molar-refractivity contribution in [3.8, 4) is 5.75 Å². The first kappa shape index (κ1) is 13.8. The summed E-state index contributed by atoms with van der Waals surface area (Å²) in [6.07, 6.45) is 3.67. The van der Waals surface area contributed by atoms with Gasteiger partial charge in [0.1, 0.15) is 12.4 Å². The number of hydrogen-bond acceptors (Lipinski definition) is 1. The minimum Gasteiger partial charge on any atom is -0.489 e. The highest BCUT2D eigenvalue weighted by Crippen LogP contribution is 2.27. The molecule has 3 heteroatoms. The molecule has 0 N–H and O–H groups in total. The molecule has 1 aliphatic carbocycles. The maximum Gasteiger partial charge on any atom is 0.124 e. The number of hydrogen-bond donors (Lipinski definition) is 0. The standard InChI is InChI=1S/C17H16Cl2O/c18-10-15-9-16(19)6-7-17(15)20-11-12-4-5-13-2-1-3-14(13)8-12/h4-9H,1-3,10-11H2. The summed E-state index contributed by atoms with van der Waals surface area (Å²) in [5.41, 5.74) is 5.10. The Morgan fingerprint density at radius 3 is 2.70 bits per heavy atom. The maximum atomic E-state index is 5.96. The van der Waals surface area contributed by atoms with Gasteiger partial charge >= 0.3 is 0 Å². The van der Waals surface area contributed by atoms with Gasteiger partial charge in [-0.25, -0.2) is 0 Å². The van der Waals surface area contributed by atoms with Crippen LogP contribution in [0, 0.1) is 0 Å². The van der Waals surface area contributed by atoms with E-state index in [2.05, 4.69) is 18.2 Å². The van der Waals surface area contributed by atoms with Gasteiger partial charge in [0.15, 0.2) is 0 Å². The summed E-state index contributed by atoms with van der Waals surface area (Å²) in [7, 11) is 0. The van der Waals surface area contributed by atoms with Crippen LogP contribution in [0.2, 0.25) is 5.02 Å². The number of alkyl halides is 1. The highest BCUT2D eigenvalue weighted by molar-refractivity contribution is 6.30. The lowest BCUT2D eigenvalue weighted by atomic mass is 10.1. The molecule has 0 fully saturated rings. The number of rotatable bonds is 4. The second-order valence-corrected chi connectivity index (χ2v) is 5.83. The minimum absolute atomic E-state index is 0.403. The fraction of sp³-hybridized carbons (Fsp3) is 0.294. The molecule has 1 nitrogen and oxygen atoms in total. The van der Waals surface area contributed by atoms with Crippen molar-refractivity contribution < 1.29 is 4.74 Å². The molecule has 0 amide bonds. The summed E-state index contributed by atoms with van der Waals surface area (Å²) in [6, 6.07) is 12.2. The summed E-state index contributed by atoms with van der Waals surface area (Å²) in [5, 5.41) is 0.686. The summed E-state index contributed by atoms with van der Waals surface area (Å²) in [6.45, 7) is 0.568. The van der Waals surface area contributed by atoms with Crippen LogP contribution in [-0.2, 0) is 25.3 Å². The summed E-state index contributed by atoms with van der Waals surface area (Å²) in [4.78, 5) is 0. The third-order valence-electron chi connectivity index (χ3n) is 3.72. The predicted octanol–water partition coefficient (Wildman–Crippen LogP) is 5.15. The van der Waals surface area contributed by atoms with Crippen LogP contribution in [0.4, 0.5) is 0 Å². The highest BCUT2D eigenvalue weighted by atomic mass is 35.5. The molecule has 0 heterocycles. The van der Waals surface area contributed by atoms with Crippen molar-refractivity contribution in [2.75, 3.05) is 0 Å². The lowest BCUT2D eigenvalue weighted by molar-refractivity contribution is 0.303. The number of ether oxygens (including phenoxy) is 1. The molecule has 1 aliphatic rings. The van der Waals surface area contributed by atoms with E-state index in [1.54, 1.807) is 0 Å². The molecule has 0 radical (unpaired) electrons. The van der Waals surface area contributed by atoms with Crippen molar-refractivity contribution in [1.29, 1.82) is 0 Å². The molecule has 2 aromatic carbocycles. The quantitative estimate of drug-likeness (QED) is 0.710. The van der Waals surface area contributed by atoms with Crippen molar-refractivity contribution in [3.05, 3.63) is 63.7 Å². The van der Waals surface area contributed by atoms with E-state index in [0.29, 0.717) is 17.5 Å². The Morgan fingerprint density at radius 2 is 1.85 bits per heavy atom. The van der Waals surface area contributed by atoms with Crippen LogP contribution >= 0.6 is 23.2 Å². The number of halogens is 2. The molecular formula is C17H16Cl2O. The van der Waals surface area contributed by atoms with Crippen molar-refractivity contribution in [2.45, 2.75) is 31.7 Å². The van der Waals surface area contributed by atoms with Gasteiger partial charge < -0.3 is 4.74 Å². The number of benzene rings is 2. The molecule has 0 spiro atoms. The first-order chi connectivity index (χ1) is 9.76. The van der Waals surface area contributed by atoms with Crippen molar-refractivity contribution >= 4 is 23.2 Å². The number of fused-ring (bicyclic) bond motifs is 1. The van der Waals surface area contributed by atoms with Crippen molar-refractivity contribution in [3.63, 3.8) is 0 Å². The van der Waals surface area contributed by atoms with Gasteiger partial charge in [0.05, 0.1) is 5.88 Å². The summed E-state index contributed by atoms with van der Waals surface area (Å²) < 4.78 is 5.89. The SMILES string of the molecule is ClCc1cc(Cl)ccc1OCc1ccc2c(c1)CCC2. The van der Waals surface area contributed by atoms with Crippen LogP contribution < -0.4 is 4.74 Å². The molecule has 0 aromatic heterocycles. The lowest BCUT2D eigenvalue weighted by Gasteiger charge is -2.11. The third-order valence-corrected chi connectivity index (χ3v) is 4.25. The van der Waals surface area contributed by atoms with E-state index in [1.807, 2.05) is 18.2 Å². The Bertz CT molecular complexity index is 622. The second-order valence-electron chi connectivity index (χ2n) is 5.13. The van der Waals surface area contributed by atoms with E-state index >= 15 is 0 Å². The number of aryl methyl sites for hydroxylation is 2. The molecule has 0 bridgehead atoms. The van der Waals surface area contributed by atoms with E-state index in [-0.39, 0.29) is 0 Å². The first-order valence-corrected chi connectivity index (χ1v) is 7.75. The van der Waals surface area contributed by atoms with Gasteiger partial charge in [0, 0.05) is 10.6 Å². The van der Waals surface area contributed by atoms with Crippen LogP contribution in [-0.4, -0.2) is 0 Å². The zero-order valence-corrected chi connectivity index (χ0v) is 12.7. The van der Waals surface area contributed by atoms with E-state index in [1.165, 1.54) is 36.0 Å². The van der Waals surface area contributed by atoms with Gasteiger partial charge in [0.25, 0.3) is 0 Å². The Hall–Kier alpha value is -1.18. The van der Waals surface area contributed by atoms with Crippen molar-refractivity contribution in [1.82, 2.24) is 0 Å². The van der Waals surface area contributed by atoms with Crippen LogP contribution in [0.3, 0.4) is 0 Å². The normalized spacial score (nSPS) is 13.3. The minimum atomic E-state index is 0.403. The molecule has 20 heavy (non-hydrogen) atoms. The van der Waals surface area contributed by atoms with Crippen LogP contribution in [0.25, 0.3) is 0 Å². The van der Waals surface area contributed by atoms with Crippen LogP contribution in [0.5, 0.6) is 5.75 Å². The van der Waals surface area contributed by atoms with Gasteiger partial charge in [0.2, 0.25) is 0 Å². The molecule has 104 valence electrons. The van der Waals surface area contributed by atoms with Gasteiger partial charge in [-0.1, -0.05) is 29.8 Å². The van der Waals surface area contributed by atoms with Crippen LogP contribution in [0.1, 0.15) is 28.7 Å². The first-order valence-electron chi connectivity index (χ1n) is 6.84. The average Bonchev–Trinajstić information content (AvgIpc) is 2.93. The zero-order valence-electron chi connectivity index (χ0n) is 11.2. The van der Waals surface area contributed by atoms with Crippen molar-refractivity contribution in [2.24, 2.45) is 0 Å². The van der Waals surface area contributed by atoms with E-state index in [9.17, 15) is 0 Å². The molecule has 2 aromatic rings. The molecule has 0 aliphatic heterocycles. The monoisotopic (exact) mass is 306 g/mol. The van der Waals surface area contributed by atoms with E-state index < -0.39 is 0 Å². The predicted molar refractivity (Wildman–Crippen MR) is 83.8 cm³/mol. The van der Waals surface area contributed by atoms with E-state index in [4.69, 9.17) is 27.9 Å².